The summed E-state index contributed by atoms with van der Waals surface area (Å²) in [4.78, 5) is 13.4. The van der Waals surface area contributed by atoms with Crippen molar-refractivity contribution in [2.75, 3.05) is 17.6 Å². The van der Waals surface area contributed by atoms with Gasteiger partial charge in [-0.3, -0.25) is 4.57 Å². The van der Waals surface area contributed by atoms with E-state index < -0.39 is 24.5 Å². The molecule has 1 saturated heterocycles. The van der Waals surface area contributed by atoms with Gasteiger partial charge in [0.1, 0.15) is 24.4 Å². The van der Waals surface area contributed by atoms with E-state index in [2.05, 4.69) is 20.3 Å². The summed E-state index contributed by atoms with van der Waals surface area (Å²) in [5.41, 5.74) is 0.970. The van der Waals surface area contributed by atoms with E-state index in [4.69, 9.17) is 4.74 Å². The Hall–Kier alpha value is -2.31. The van der Waals surface area contributed by atoms with Crippen LogP contribution in [0.15, 0.2) is 41.8 Å². The third-order valence-corrected chi connectivity index (χ3v) is 7.50. The topological polar surface area (TPSA) is 126 Å². The predicted octanol–water partition coefficient (Wildman–Crippen LogP) is 1.95. The lowest BCUT2D eigenvalue weighted by atomic mass is 10.1. The maximum Gasteiger partial charge on any atom is 0.167 e. The number of imidazole rings is 1. The Morgan fingerprint density at radius 2 is 1.97 bits per heavy atom. The summed E-state index contributed by atoms with van der Waals surface area (Å²) in [5.74, 6) is 0.639. The summed E-state index contributed by atoms with van der Waals surface area (Å²) in [6.45, 7) is 0.580. The van der Waals surface area contributed by atoms with E-state index in [1.54, 1.807) is 22.8 Å². The molecule has 2 fully saturated rings. The minimum atomic E-state index is -1.20. The number of anilines is 1. The molecule has 2 aliphatic rings. The van der Waals surface area contributed by atoms with E-state index >= 15 is 0 Å². The monoisotopic (exact) mass is 475 g/mol. The van der Waals surface area contributed by atoms with Crippen LogP contribution in [-0.4, -0.2) is 71.6 Å². The number of rotatable bonds is 7. The SMILES string of the molecule is O[C@@H]1[C@H](O)[C@@H](CSc2ccccc2F)O[C@H]1n1cnc2c(NC[C@@H]3CCC[C@H]3O)ncnc21. The zero-order chi connectivity index (χ0) is 22.9. The minimum absolute atomic E-state index is 0.167. The summed E-state index contributed by atoms with van der Waals surface area (Å²) in [5, 5.41) is 34.5. The van der Waals surface area contributed by atoms with Gasteiger partial charge in [-0.15, -0.1) is 11.8 Å². The molecule has 0 spiro atoms. The van der Waals surface area contributed by atoms with E-state index in [1.807, 2.05) is 0 Å². The number of thioether (sulfide) groups is 1. The first kappa shape index (κ1) is 22.5. The van der Waals surface area contributed by atoms with Gasteiger partial charge in [0.2, 0.25) is 0 Å². The van der Waals surface area contributed by atoms with E-state index in [9.17, 15) is 19.7 Å². The van der Waals surface area contributed by atoms with Crippen molar-refractivity contribution < 1.29 is 24.4 Å². The Morgan fingerprint density at radius 3 is 2.76 bits per heavy atom. The molecule has 1 aromatic carbocycles. The van der Waals surface area contributed by atoms with Crippen LogP contribution in [0.1, 0.15) is 25.5 Å². The van der Waals surface area contributed by atoms with Gasteiger partial charge in [-0.25, -0.2) is 19.3 Å². The number of ether oxygens (including phenoxy) is 1. The fourth-order valence-electron chi connectivity index (χ4n) is 4.48. The second-order valence-corrected chi connectivity index (χ2v) is 9.54. The summed E-state index contributed by atoms with van der Waals surface area (Å²) in [7, 11) is 0. The Morgan fingerprint density at radius 1 is 1.12 bits per heavy atom. The molecule has 5 rings (SSSR count). The van der Waals surface area contributed by atoms with Crippen LogP contribution in [0.4, 0.5) is 10.2 Å². The van der Waals surface area contributed by atoms with Gasteiger partial charge in [-0.05, 0) is 25.0 Å². The number of aromatic nitrogens is 4. The zero-order valence-electron chi connectivity index (χ0n) is 17.8. The molecule has 0 amide bonds. The summed E-state index contributed by atoms with van der Waals surface area (Å²) in [6.07, 6.45) is 1.44. The molecule has 0 bridgehead atoms. The van der Waals surface area contributed by atoms with Crippen LogP contribution in [0.3, 0.4) is 0 Å². The molecular weight excluding hydrogens is 449 g/mol. The quantitative estimate of drug-likeness (QED) is 0.379. The highest BCUT2D eigenvalue weighted by molar-refractivity contribution is 7.99. The van der Waals surface area contributed by atoms with Gasteiger partial charge < -0.3 is 25.4 Å². The Bertz CT molecular complexity index is 1120. The zero-order valence-corrected chi connectivity index (χ0v) is 18.6. The Kier molecular flexibility index (Phi) is 6.48. The molecular formula is C22H26FN5O4S. The van der Waals surface area contributed by atoms with Crippen molar-refractivity contribution in [3.05, 3.63) is 42.7 Å². The van der Waals surface area contributed by atoms with Gasteiger partial charge in [0.25, 0.3) is 0 Å². The molecule has 33 heavy (non-hydrogen) atoms. The number of hydrogen-bond donors (Lipinski definition) is 4. The molecule has 6 atom stereocenters. The van der Waals surface area contributed by atoms with E-state index in [0.29, 0.717) is 28.4 Å². The highest BCUT2D eigenvalue weighted by Gasteiger charge is 2.44. The number of nitrogens with one attached hydrogen (secondary N) is 1. The average molecular weight is 476 g/mol. The molecule has 3 heterocycles. The Labute approximate surface area is 194 Å². The molecule has 4 N–H and O–H groups in total. The number of hydrogen-bond acceptors (Lipinski definition) is 9. The lowest BCUT2D eigenvalue weighted by Crippen LogP contribution is -2.32. The first-order valence-corrected chi connectivity index (χ1v) is 12.0. The largest absolute Gasteiger partial charge is 0.393 e. The molecule has 1 aliphatic carbocycles. The van der Waals surface area contributed by atoms with Gasteiger partial charge >= 0.3 is 0 Å². The molecule has 2 aromatic heterocycles. The minimum Gasteiger partial charge on any atom is -0.393 e. The van der Waals surface area contributed by atoms with Gasteiger partial charge in [0.05, 0.1) is 18.5 Å². The lowest BCUT2D eigenvalue weighted by molar-refractivity contribution is -0.0289. The fourth-order valence-corrected chi connectivity index (χ4v) is 5.48. The van der Waals surface area contributed by atoms with E-state index in [-0.39, 0.29) is 23.6 Å². The first-order valence-electron chi connectivity index (χ1n) is 11.0. The van der Waals surface area contributed by atoms with Crippen LogP contribution in [0, 0.1) is 11.7 Å². The molecule has 9 nitrogen and oxygen atoms in total. The molecule has 1 saturated carbocycles. The van der Waals surface area contributed by atoms with Gasteiger partial charge in [0.15, 0.2) is 23.2 Å². The van der Waals surface area contributed by atoms with Crippen LogP contribution < -0.4 is 5.32 Å². The van der Waals surface area contributed by atoms with Gasteiger partial charge in [-0.2, -0.15) is 0 Å². The smallest absolute Gasteiger partial charge is 0.167 e. The van der Waals surface area contributed by atoms with Gasteiger partial charge in [-0.1, -0.05) is 18.6 Å². The summed E-state index contributed by atoms with van der Waals surface area (Å²) in [6, 6.07) is 6.40. The van der Waals surface area contributed by atoms with Crippen LogP contribution in [0.25, 0.3) is 11.2 Å². The normalized spacial score (nSPS) is 29.7. The van der Waals surface area contributed by atoms with Crippen molar-refractivity contribution in [3.63, 3.8) is 0 Å². The third kappa shape index (κ3) is 4.43. The van der Waals surface area contributed by atoms with Crippen LogP contribution >= 0.6 is 11.8 Å². The number of nitrogens with zero attached hydrogens (tertiary/aromatic N) is 4. The number of aliphatic hydroxyl groups is 3. The third-order valence-electron chi connectivity index (χ3n) is 6.36. The number of fused-ring (bicyclic) bond motifs is 1. The predicted molar refractivity (Wildman–Crippen MR) is 120 cm³/mol. The highest BCUT2D eigenvalue weighted by atomic mass is 32.2. The highest BCUT2D eigenvalue weighted by Crippen LogP contribution is 2.35. The van der Waals surface area contributed by atoms with Gasteiger partial charge in [0, 0.05) is 23.1 Å². The number of halogens is 1. The second kappa shape index (κ2) is 9.51. The molecule has 0 unspecified atom stereocenters. The summed E-state index contributed by atoms with van der Waals surface area (Å²) >= 11 is 1.22. The Balaban J connectivity index is 1.31. The fraction of sp³-hybridized carbons (Fsp3) is 0.500. The second-order valence-electron chi connectivity index (χ2n) is 8.47. The van der Waals surface area contributed by atoms with Crippen LogP contribution in [-0.2, 0) is 4.74 Å². The number of benzene rings is 1. The standard InChI is InChI=1S/C22H26FN5O4S/c23-13-5-1-2-7-16(13)33-9-15-18(30)19(31)22(32-15)28-11-27-17-20(25-10-26-21(17)28)24-8-12-4-3-6-14(12)29/h1-2,5,7,10-12,14-15,18-19,22,29-31H,3-4,6,8-9H2,(H,24,25,26)/t12-,14+,15+,18+,19+,22+/m0/s1. The molecule has 11 heteroatoms. The first-order chi connectivity index (χ1) is 16.0. The molecule has 3 aromatic rings. The van der Waals surface area contributed by atoms with Crippen molar-refractivity contribution in [2.24, 2.45) is 5.92 Å². The lowest BCUT2D eigenvalue weighted by Gasteiger charge is -2.17. The van der Waals surface area contributed by atoms with Crippen LogP contribution in [0.2, 0.25) is 0 Å². The number of aliphatic hydroxyl groups excluding tert-OH is 3. The molecule has 1 aliphatic heterocycles. The molecule has 176 valence electrons. The van der Waals surface area contributed by atoms with Crippen molar-refractivity contribution >= 4 is 28.7 Å². The van der Waals surface area contributed by atoms with E-state index in [0.717, 1.165) is 19.3 Å². The van der Waals surface area contributed by atoms with Crippen molar-refractivity contribution in [1.82, 2.24) is 19.5 Å². The van der Waals surface area contributed by atoms with Crippen molar-refractivity contribution in [1.29, 1.82) is 0 Å². The van der Waals surface area contributed by atoms with Crippen LogP contribution in [0.5, 0.6) is 0 Å². The average Bonchev–Trinajstić information content (AvgIpc) is 3.50. The summed E-state index contributed by atoms with van der Waals surface area (Å²) < 4.78 is 21.5. The van der Waals surface area contributed by atoms with Crippen molar-refractivity contribution in [3.8, 4) is 0 Å². The molecule has 0 radical (unpaired) electrons. The van der Waals surface area contributed by atoms with E-state index in [1.165, 1.54) is 30.5 Å². The maximum absolute atomic E-state index is 13.9. The van der Waals surface area contributed by atoms with Crippen molar-refractivity contribution in [2.45, 2.75) is 54.8 Å². The maximum atomic E-state index is 13.9.